The number of halogens is 2. The number of benzene rings is 2. The van der Waals surface area contributed by atoms with Gasteiger partial charge < -0.3 is 0 Å². The molecular weight excluding hydrogens is 362 g/mol. The summed E-state index contributed by atoms with van der Waals surface area (Å²) >= 11 is 0. The number of hydroxylamine groups is 2. The van der Waals surface area contributed by atoms with Crippen LogP contribution < -0.4 is 0 Å². The van der Waals surface area contributed by atoms with Crippen molar-refractivity contribution >= 4 is 10.0 Å². The van der Waals surface area contributed by atoms with E-state index in [0.29, 0.717) is 0 Å². The molecule has 2 aromatic rings. The molecule has 0 unspecified atom stereocenters. The van der Waals surface area contributed by atoms with Crippen molar-refractivity contribution in [1.82, 2.24) is 9.37 Å². The highest BCUT2D eigenvalue weighted by atomic mass is 32.2. The monoisotopic (exact) mass is 382 g/mol. The van der Waals surface area contributed by atoms with Gasteiger partial charge in [0.05, 0.1) is 12.6 Å². The predicted molar refractivity (Wildman–Crippen MR) is 93.4 cm³/mol. The van der Waals surface area contributed by atoms with Crippen molar-refractivity contribution in [2.45, 2.75) is 17.8 Å². The lowest BCUT2D eigenvalue weighted by molar-refractivity contribution is -0.111. The summed E-state index contributed by atoms with van der Waals surface area (Å²) < 4.78 is 54.9. The summed E-state index contributed by atoms with van der Waals surface area (Å²) in [5, 5.41) is 0.315. The molecule has 0 aliphatic carbocycles. The molecule has 2 aromatic carbocycles. The van der Waals surface area contributed by atoms with Crippen LogP contribution in [-0.4, -0.2) is 43.7 Å². The van der Waals surface area contributed by atoms with Crippen LogP contribution >= 0.6 is 0 Å². The van der Waals surface area contributed by atoms with Gasteiger partial charge in [0, 0.05) is 32.3 Å². The number of nitrogens with zero attached hydrogens (tertiary/aromatic N) is 2. The van der Waals surface area contributed by atoms with Gasteiger partial charge in [0.1, 0.15) is 16.9 Å². The Morgan fingerprint density at radius 1 is 1.19 bits per heavy atom. The van der Waals surface area contributed by atoms with Crippen LogP contribution in [0.4, 0.5) is 8.78 Å². The van der Waals surface area contributed by atoms with Crippen LogP contribution in [0.1, 0.15) is 17.2 Å². The maximum atomic E-state index is 14.3. The van der Waals surface area contributed by atoms with Crippen molar-refractivity contribution in [3.05, 3.63) is 71.3 Å². The van der Waals surface area contributed by atoms with Gasteiger partial charge in [0.2, 0.25) is 10.0 Å². The molecule has 0 radical (unpaired) electrons. The fraction of sp³-hybridized carbons (Fsp3) is 0.333. The van der Waals surface area contributed by atoms with Gasteiger partial charge in [-0.2, -0.15) is 5.06 Å². The molecule has 5 nitrogen and oxygen atoms in total. The largest absolute Gasteiger partial charge is 0.297 e. The molecule has 0 spiro atoms. The van der Waals surface area contributed by atoms with Gasteiger partial charge in [-0.05, 0) is 11.6 Å². The van der Waals surface area contributed by atoms with Crippen LogP contribution in [0.3, 0.4) is 0 Å². The molecule has 0 aromatic heterocycles. The normalized spacial score (nSPS) is 21.4. The summed E-state index contributed by atoms with van der Waals surface area (Å²) in [4.78, 5) is 5.37. The average molecular weight is 382 g/mol. The van der Waals surface area contributed by atoms with Gasteiger partial charge in [-0.1, -0.05) is 36.4 Å². The van der Waals surface area contributed by atoms with E-state index in [4.69, 9.17) is 4.84 Å². The molecule has 1 fully saturated rings. The maximum absolute atomic E-state index is 14.3. The average Bonchev–Trinajstić information content (AvgIpc) is 2.98. The lowest BCUT2D eigenvalue weighted by Gasteiger charge is -2.27. The molecular formula is C18H20F2N2O3S. The van der Waals surface area contributed by atoms with Gasteiger partial charge in [0.25, 0.3) is 0 Å². The Labute approximate surface area is 151 Å². The minimum atomic E-state index is -3.79. The summed E-state index contributed by atoms with van der Waals surface area (Å²) in [6.07, 6.45) is 0. The molecule has 1 aliphatic heterocycles. The first-order valence-corrected chi connectivity index (χ1v) is 9.61. The van der Waals surface area contributed by atoms with Gasteiger partial charge in [-0.15, -0.1) is 0 Å². The molecule has 1 aliphatic rings. The third-order valence-electron chi connectivity index (χ3n) is 4.53. The summed E-state index contributed by atoms with van der Waals surface area (Å²) in [5.41, 5.74) is 0.934. The van der Waals surface area contributed by atoms with Crippen molar-refractivity contribution in [1.29, 1.82) is 0 Å². The Hall–Kier alpha value is -1.87. The van der Waals surface area contributed by atoms with Gasteiger partial charge in [0.15, 0.2) is 0 Å². The molecule has 0 amide bonds. The predicted octanol–water partition coefficient (Wildman–Crippen LogP) is 2.71. The molecule has 26 heavy (non-hydrogen) atoms. The molecule has 2 atom stereocenters. The highest BCUT2D eigenvalue weighted by molar-refractivity contribution is 7.89. The first-order valence-electron chi connectivity index (χ1n) is 8.10. The molecule has 140 valence electrons. The third kappa shape index (κ3) is 3.64. The molecule has 0 N–H and O–H groups in total. The lowest BCUT2D eigenvalue weighted by atomic mass is 10.0. The van der Waals surface area contributed by atoms with E-state index in [1.54, 1.807) is 7.05 Å². The summed E-state index contributed by atoms with van der Waals surface area (Å²) in [6.45, 7) is 0.0987. The standard InChI is InChI=1S/C18H20F2N2O3S/c1-21(11-13-6-4-3-5-7-13)26(23,24)17-12-25-22(2)18(17)15-9-8-14(19)10-16(15)20/h3-10,17-18H,11-12H2,1-2H3/t17-,18+/m0/s1. The Bertz CT molecular complexity index is 877. The zero-order chi connectivity index (χ0) is 18.9. The van der Waals surface area contributed by atoms with Gasteiger partial charge in [-0.3, -0.25) is 4.84 Å². The van der Waals surface area contributed by atoms with E-state index >= 15 is 0 Å². The van der Waals surface area contributed by atoms with Crippen LogP contribution in [-0.2, 0) is 21.4 Å². The van der Waals surface area contributed by atoms with E-state index in [2.05, 4.69) is 0 Å². The second-order valence-electron chi connectivity index (χ2n) is 6.28. The minimum absolute atomic E-state index is 0.0908. The Balaban J connectivity index is 1.90. The van der Waals surface area contributed by atoms with Gasteiger partial charge >= 0.3 is 0 Å². The zero-order valence-corrected chi connectivity index (χ0v) is 15.3. The fourth-order valence-electron chi connectivity index (χ4n) is 3.14. The Morgan fingerprint density at radius 2 is 1.88 bits per heavy atom. The molecule has 8 heteroatoms. The van der Waals surface area contributed by atoms with Crippen molar-refractivity contribution in [2.75, 3.05) is 20.7 Å². The molecule has 3 rings (SSSR count). The first-order chi connectivity index (χ1) is 12.3. The highest BCUT2D eigenvalue weighted by Gasteiger charge is 2.45. The minimum Gasteiger partial charge on any atom is -0.297 e. The number of sulfonamides is 1. The quantitative estimate of drug-likeness (QED) is 0.798. The smallest absolute Gasteiger partial charge is 0.221 e. The molecule has 0 bridgehead atoms. The van der Waals surface area contributed by atoms with E-state index in [9.17, 15) is 17.2 Å². The Morgan fingerprint density at radius 3 is 2.54 bits per heavy atom. The summed E-state index contributed by atoms with van der Waals surface area (Å²) in [7, 11) is -0.761. The SMILES string of the molecule is CN1OC[C@H](S(=O)(=O)N(C)Cc2ccccc2)[C@H]1c1ccc(F)cc1F. The second-order valence-corrected chi connectivity index (χ2v) is 8.54. The van der Waals surface area contributed by atoms with Crippen molar-refractivity contribution in [2.24, 2.45) is 0 Å². The van der Waals surface area contributed by atoms with Crippen LogP contribution in [0.25, 0.3) is 0 Å². The number of hydrogen-bond acceptors (Lipinski definition) is 4. The molecule has 1 saturated heterocycles. The van der Waals surface area contributed by atoms with Crippen LogP contribution in [0.5, 0.6) is 0 Å². The van der Waals surface area contributed by atoms with E-state index in [1.807, 2.05) is 30.3 Å². The van der Waals surface area contributed by atoms with E-state index in [0.717, 1.165) is 17.7 Å². The first kappa shape index (κ1) is 18.9. The summed E-state index contributed by atoms with van der Waals surface area (Å²) in [5.74, 6) is -1.51. The van der Waals surface area contributed by atoms with E-state index < -0.39 is 32.9 Å². The van der Waals surface area contributed by atoms with Crippen LogP contribution in [0.15, 0.2) is 48.5 Å². The third-order valence-corrected chi connectivity index (χ3v) is 6.69. The van der Waals surface area contributed by atoms with E-state index in [1.165, 1.54) is 22.5 Å². The van der Waals surface area contributed by atoms with Crippen molar-refractivity contribution in [3.63, 3.8) is 0 Å². The van der Waals surface area contributed by atoms with Crippen molar-refractivity contribution < 1.29 is 22.0 Å². The van der Waals surface area contributed by atoms with Crippen molar-refractivity contribution in [3.8, 4) is 0 Å². The number of hydrogen-bond donors (Lipinski definition) is 0. The lowest BCUT2D eigenvalue weighted by Crippen LogP contribution is -2.40. The maximum Gasteiger partial charge on any atom is 0.221 e. The molecule has 1 heterocycles. The van der Waals surface area contributed by atoms with Gasteiger partial charge in [-0.25, -0.2) is 21.5 Å². The zero-order valence-electron chi connectivity index (χ0n) is 14.5. The van der Waals surface area contributed by atoms with Crippen LogP contribution in [0, 0.1) is 11.6 Å². The highest BCUT2D eigenvalue weighted by Crippen LogP contribution is 2.36. The fourth-order valence-corrected chi connectivity index (χ4v) is 4.81. The molecule has 0 saturated carbocycles. The van der Waals surface area contributed by atoms with E-state index in [-0.39, 0.29) is 18.7 Å². The number of rotatable bonds is 5. The second kappa shape index (κ2) is 7.40. The van der Waals surface area contributed by atoms with Crippen LogP contribution in [0.2, 0.25) is 0 Å². The Kier molecular flexibility index (Phi) is 5.38. The summed E-state index contributed by atoms with van der Waals surface area (Å²) in [6, 6.07) is 11.4. The topological polar surface area (TPSA) is 49.9 Å².